The zero-order chi connectivity index (χ0) is 15.5. The fourth-order valence-electron chi connectivity index (χ4n) is 1.91. The summed E-state index contributed by atoms with van der Waals surface area (Å²) >= 11 is 0. The van der Waals surface area contributed by atoms with E-state index in [2.05, 4.69) is 31.2 Å². The molecule has 3 nitrogen and oxygen atoms in total. The number of nitrogens with one attached hydrogen (secondary N) is 1. The maximum Gasteiger partial charge on any atom is 0.161 e. The number of benzene rings is 1. The number of rotatable bonds is 10. The van der Waals surface area contributed by atoms with E-state index >= 15 is 0 Å². The lowest BCUT2D eigenvalue weighted by Gasteiger charge is -2.14. The highest BCUT2D eigenvalue weighted by atomic mass is 16.5. The Balaban J connectivity index is 2.60. The minimum atomic E-state index is 0.620. The molecule has 3 heteroatoms. The van der Waals surface area contributed by atoms with Crippen LogP contribution in [0.2, 0.25) is 0 Å². The fraction of sp³-hybridized carbons (Fsp3) is 0.556. The molecule has 0 atom stereocenters. The Bertz CT molecular complexity index is 449. The summed E-state index contributed by atoms with van der Waals surface area (Å²) in [5.74, 6) is 4.86. The van der Waals surface area contributed by atoms with Crippen LogP contribution in [0, 0.1) is 18.3 Å². The van der Waals surface area contributed by atoms with Crippen LogP contribution in [0.15, 0.2) is 18.2 Å². The first-order valence-electron chi connectivity index (χ1n) is 7.70. The monoisotopic (exact) mass is 289 g/mol. The van der Waals surface area contributed by atoms with Crippen LogP contribution in [0.1, 0.15) is 39.2 Å². The quantitative estimate of drug-likeness (QED) is 0.527. The van der Waals surface area contributed by atoms with Crippen molar-refractivity contribution in [2.75, 3.05) is 19.8 Å². The van der Waals surface area contributed by atoms with Gasteiger partial charge in [0, 0.05) is 13.0 Å². The summed E-state index contributed by atoms with van der Waals surface area (Å²) in [5, 5.41) is 3.43. The Morgan fingerprint density at radius 1 is 1.24 bits per heavy atom. The number of hydrogen-bond acceptors (Lipinski definition) is 3. The molecule has 0 heterocycles. The van der Waals surface area contributed by atoms with Crippen molar-refractivity contribution < 1.29 is 9.47 Å². The molecule has 116 valence electrons. The van der Waals surface area contributed by atoms with Crippen molar-refractivity contribution in [1.29, 1.82) is 0 Å². The first-order chi connectivity index (χ1) is 10.2. The molecular formula is C18H27NO2. The van der Waals surface area contributed by atoms with Gasteiger partial charge in [-0.05, 0) is 43.5 Å². The van der Waals surface area contributed by atoms with Crippen LogP contribution in [-0.2, 0) is 6.54 Å². The van der Waals surface area contributed by atoms with Gasteiger partial charge in [0.2, 0.25) is 0 Å². The van der Waals surface area contributed by atoms with Gasteiger partial charge < -0.3 is 14.8 Å². The van der Waals surface area contributed by atoms with E-state index in [1.54, 1.807) is 0 Å². The molecule has 0 saturated heterocycles. The van der Waals surface area contributed by atoms with Gasteiger partial charge in [0.1, 0.15) is 0 Å². The molecule has 21 heavy (non-hydrogen) atoms. The lowest BCUT2D eigenvalue weighted by molar-refractivity contribution is 0.274. The van der Waals surface area contributed by atoms with Gasteiger partial charge in [-0.3, -0.25) is 0 Å². The van der Waals surface area contributed by atoms with Crippen molar-refractivity contribution in [3.05, 3.63) is 23.8 Å². The molecule has 1 rings (SSSR count). The van der Waals surface area contributed by atoms with Crippen molar-refractivity contribution in [2.24, 2.45) is 5.92 Å². The van der Waals surface area contributed by atoms with E-state index in [0.29, 0.717) is 19.1 Å². The van der Waals surface area contributed by atoms with E-state index in [1.807, 2.05) is 19.1 Å². The molecule has 0 bridgehead atoms. The predicted octanol–water partition coefficient (Wildman–Crippen LogP) is 3.62. The van der Waals surface area contributed by atoms with Gasteiger partial charge in [0.15, 0.2) is 11.5 Å². The van der Waals surface area contributed by atoms with E-state index in [-0.39, 0.29) is 0 Å². The van der Waals surface area contributed by atoms with Gasteiger partial charge in [-0.25, -0.2) is 0 Å². The van der Waals surface area contributed by atoms with E-state index in [9.17, 15) is 0 Å². The van der Waals surface area contributed by atoms with Crippen molar-refractivity contribution >= 4 is 0 Å². The standard InChI is InChI=1S/C18H27NO2/c1-5-7-8-11-21-17-10-9-16(12-18(17)20-6-2)14-19-13-15(3)4/h1,9-10,12,15,19H,6-8,11,13-14H2,2-4H3. The third kappa shape index (κ3) is 7.06. The van der Waals surface area contributed by atoms with E-state index < -0.39 is 0 Å². The summed E-state index contributed by atoms with van der Waals surface area (Å²) in [7, 11) is 0. The van der Waals surface area contributed by atoms with Crippen molar-refractivity contribution in [3.8, 4) is 23.8 Å². The minimum Gasteiger partial charge on any atom is -0.490 e. The molecule has 0 aliphatic heterocycles. The third-order valence-corrected chi connectivity index (χ3v) is 2.91. The first kappa shape index (κ1) is 17.4. The van der Waals surface area contributed by atoms with Gasteiger partial charge in [0.05, 0.1) is 13.2 Å². The van der Waals surface area contributed by atoms with Crippen LogP contribution in [0.4, 0.5) is 0 Å². The highest BCUT2D eigenvalue weighted by Gasteiger charge is 2.06. The van der Waals surface area contributed by atoms with Gasteiger partial charge >= 0.3 is 0 Å². The van der Waals surface area contributed by atoms with Crippen molar-refractivity contribution in [1.82, 2.24) is 5.32 Å². The topological polar surface area (TPSA) is 30.5 Å². The summed E-state index contributed by atoms with van der Waals surface area (Å²) in [6.45, 7) is 9.48. The second-order valence-corrected chi connectivity index (χ2v) is 5.39. The largest absolute Gasteiger partial charge is 0.490 e. The number of ether oxygens (including phenoxy) is 2. The van der Waals surface area contributed by atoms with Crippen LogP contribution in [0.25, 0.3) is 0 Å². The summed E-state index contributed by atoms with van der Waals surface area (Å²) in [6.07, 6.45) is 6.83. The Labute approximate surface area is 129 Å². The molecule has 0 fully saturated rings. The summed E-state index contributed by atoms with van der Waals surface area (Å²) in [6, 6.07) is 6.10. The van der Waals surface area contributed by atoms with E-state index in [1.165, 1.54) is 5.56 Å². The number of hydrogen-bond donors (Lipinski definition) is 1. The zero-order valence-corrected chi connectivity index (χ0v) is 13.4. The second kappa shape index (κ2) is 10.1. The third-order valence-electron chi connectivity index (χ3n) is 2.91. The normalized spacial score (nSPS) is 10.4. The summed E-state index contributed by atoms with van der Waals surface area (Å²) in [5.41, 5.74) is 1.20. The summed E-state index contributed by atoms with van der Waals surface area (Å²) < 4.78 is 11.4. The van der Waals surface area contributed by atoms with Crippen LogP contribution < -0.4 is 14.8 Å². The second-order valence-electron chi connectivity index (χ2n) is 5.39. The lowest BCUT2D eigenvalue weighted by atomic mass is 10.2. The molecule has 0 aromatic heterocycles. The number of unbranched alkanes of at least 4 members (excludes halogenated alkanes) is 1. The molecule has 1 aromatic rings. The van der Waals surface area contributed by atoms with Gasteiger partial charge in [0.25, 0.3) is 0 Å². The maximum absolute atomic E-state index is 5.75. The van der Waals surface area contributed by atoms with Gasteiger partial charge in [-0.2, -0.15) is 0 Å². The Morgan fingerprint density at radius 3 is 2.71 bits per heavy atom. The predicted molar refractivity (Wildman–Crippen MR) is 87.7 cm³/mol. The van der Waals surface area contributed by atoms with Crippen LogP contribution in [0.3, 0.4) is 0 Å². The van der Waals surface area contributed by atoms with Crippen molar-refractivity contribution in [3.63, 3.8) is 0 Å². The van der Waals surface area contributed by atoms with Crippen LogP contribution in [0.5, 0.6) is 11.5 Å². The molecule has 1 N–H and O–H groups in total. The summed E-state index contributed by atoms with van der Waals surface area (Å²) in [4.78, 5) is 0. The molecule has 0 aliphatic rings. The molecule has 0 unspecified atom stereocenters. The maximum atomic E-state index is 5.75. The molecule has 0 aliphatic carbocycles. The minimum absolute atomic E-state index is 0.620. The van der Waals surface area contributed by atoms with Crippen LogP contribution >= 0.6 is 0 Å². The molecule has 0 amide bonds. The zero-order valence-electron chi connectivity index (χ0n) is 13.4. The Kier molecular flexibility index (Phi) is 8.38. The highest BCUT2D eigenvalue weighted by molar-refractivity contribution is 5.43. The Hall–Kier alpha value is -1.66. The highest BCUT2D eigenvalue weighted by Crippen LogP contribution is 2.28. The molecule has 1 aromatic carbocycles. The number of terminal acetylenes is 1. The first-order valence-corrected chi connectivity index (χ1v) is 7.70. The van der Waals surface area contributed by atoms with Crippen molar-refractivity contribution in [2.45, 2.75) is 40.2 Å². The lowest BCUT2D eigenvalue weighted by Crippen LogP contribution is -2.19. The van der Waals surface area contributed by atoms with Gasteiger partial charge in [-0.1, -0.05) is 19.9 Å². The van der Waals surface area contributed by atoms with Crippen LogP contribution in [-0.4, -0.2) is 19.8 Å². The molecule has 0 spiro atoms. The smallest absolute Gasteiger partial charge is 0.161 e. The molecular weight excluding hydrogens is 262 g/mol. The van der Waals surface area contributed by atoms with Gasteiger partial charge in [-0.15, -0.1) is 12.3 Å². The molecule has 0 saturated carbocycles. The Morgan fingerprint density at radius 2 is 2.05 bits per heavy atom. The molecule has 0 radical (unpaired) electrons. The average Bonchev–Trinajstić information content (AvgIpc) is 2.45. The van der Waals surface area contributed by atoms with E-state index in [0.717, 1.165) is 37.4 Å². The van der Waals surface area contributed by atoms with E-state index in [4.69, 9.17) is 15.9 Å². The average molecular weight is 289 g/mol. The fourth-order valence-corrected chi connectivity index (χ4v) is 1.91. The SMILES string of the molecule is C#CCCCOc1ccc(CNCC(C)C)cc1OCC.